The zero-order chi connectivity index (χ0) is 14.5. The lowest BCUT2D eigenvalue weighted by atomic mass is 10.1. The maximum Gasteiger partial charge on any atom is 0.405 e. The molecule has 0 aromatic rings. The number of alkyl halides is 3. The molecule has 110 valence electrons. The largest absolute Gasteiger partial charge is 0.405 e. The van der Waals surface area contributed by atoms with Gasteiger partial charge in [-0.05, 0) is 26.2 Å². The topological polar surface area (TPSA) is 61.4 Å². The van der Waals surface area contributed by atoms with Crippen LogP contribution in [0.2, 0.25) is 0 Å². The molecule has 0 aromatic heterocycles. The highest BCUT2D eigenvalue weighted by Crippen LogP contribution is 2.12. The van der Waals surface area contributed by atoms with Gasteiger partial charge in [-0.2, -0.15) is 13.2 Å². The van der Waals surface area contributed by atoms with Crippen LogP contribution in [0.25, 0.3) is 0 Å². The summed E-state index contributed by atoms with van der Waals surface area (Å²) in [6.45, 7) is 1.32. The molecule has 0 saturated carbocycles. The Morgan fingerprint density at radius 1 is 1.21 bits per heavy atom. The quantitative estimate of drug-likeness (QED) is 0.818. The lowest BCUT2D eigenvalue weighted by Gasteiger charge is -2.29. The first-order valence-electron chi connectivity index (χ1n) is 6.19. The van der Waals surface area contributed by atoms with E-state index in [4.69, 9.17) is 0 Å². The second-order valence-electron chi connectivity index (χ2n) is 4.55. The van der Waals surface area contributed by atoms with E-state index >= 15 is 0 Å². The highest BCUT2D eigenvalue weighted by atomic mass is 19.4. The summed E-state index contributed by atoms with van der Waals surface area (Å²) in [7, 11) is 0. The van der Waals surface area contributed by atoms with Crippen LogP contribution in [0.4, 0.5) is 18.0 Å². The number of carbonyl (C=O) groups excluding carboxylic acids is 2. The number of likely N-dealkylation sites (tertiary alicyclic amines) is 1. The summed E-state index contributed by atoms with van der Waals surface area (Å²) in [5.41, 5.74) is 0. The number of rotatable bonds is 3. The second-order valence-corrected chi connectivity index (χ2v) is 4.55. The number of nitrogens with one attached hydrogen (secondary N) is 2. The van der Waals surface area contributed by atoms with Gasteiger partial charge >= 0.3 is 12.2 Å². The van der Waals surface area contributed by atoms with E-state index in [0.717, 1.165) is 19.3 Å². The molecular weight excluding hydrogens is 263 g/mol. The van der Waals surface area contributed by atoms with Gasteiger partial charge in [0.15, 0.2) is 0 Å². The third kappa shape index (κ3) is 5.80. The molecule has 0 radical (unpaired) electrons. The van der Waals surface area contributed by atoms with Gasteiger partial charge in [0.05, 0.1) is 0 Å². The van der Waals surface area contributed by atoms with Crippen LogP contribution in [0.3, 0.4) is 0 Å². The lowest BCUT2D eigenvalue weighted by molar-refractivity contribution is -0.133. The van der Waals surface area contributed by atoms with Crippen molar-refractivity contribution in [2.45, 2.75) is 38.4 Å². The number of urea groups is 1. The zero-order valence-electron chi connectivity index (χ0n) is 10.7. The SMILES string of the molecule is CC(NC(=O)NCC(F)(F)F)C(=O)N1CCCCC1. The molecule has 1 saturated heterocycles. The molecule has 0 spiro atoms. The Bertz CT molecular complexity index is 328. The first-order valence-corrected chi connectivity index (χ1v) is 6.19. The van der Waals surface area contributed by atoms with Gasteiger partial charge in [-0.1, -0.05) is 0 Å². The summed E-state index contributed by atoms with van der Waals surface area (Å²) in [5, 5.41) is 3.87. The molecule has 1 unspecified atom stereocenters. The van der Waals surface area contributed by atoms with Crippen molar-refractivity contribution in [3.63, 3.8) is 0 Å². The summed E-state index contributed by atoms with van der Waals surface area (Å²) in [5.74, 6) is -0.262. The van der Waals surface area contributed by atoms with Crippen molar-refractivity contribution in [1.29, 1.82) is 0 Å². The molecule has 1 fully saturated rings. The van der Waals surface area contributed by atoms with Crippen LogP contribution in [0.5, 0.6) is 0 Å². The molecule has 3 amide bonds. The highest BCUT2D eigenvalue weighted by molar-refractivity contribution is 5.86. The summed E-state index contributed by atoms with van der Waals surface area (Å²) < 4.78 is 35.7. The molecule has 1 rings (SSSR count). The van der Waals surface area contributed by atoms with Crippen LogP contribution in [0.15, 0.2) is 0 Å². The van der Waals surface area contributed by atoms with Gasteiger partial charge in [0.1, 0.15) is 12.6 Å². The normalized spacial score (nSPS) is 17.8. The van der Waals surface area contributed by atoms with Crippen molar-refractivity contribution in [2.75, 3.05) is 19.6 Å². The molecule has 1 aliphatic heterocycles. The van der Waals surface area contributed by atoms with E-state index in [-0.39, 0.29) is 5.91 Å². The number of hydrogen-bond donors (Lipinski definition) is 2. The fourth-order valence-electron chi connectivity index (χ4n) is 1.88. The van der Waals surface area contributed by atoms with Crippen LogP contribution in [0.1, 0.15) is 26.2 Å². The van der Waals surface area contributed by atoms with E-state index in [1.165, 1.54) is 6.92 Å². The van der Waals surface area contributed by atoms with Crippen LogP contribution in [-0.4, -0.2) is 48.7 Å². The van der Waals surface area contributed by atoms with E-state index in [0.29, 0.717) is 13.1 Å². The molecule has 1 heterocycles. The number of amides is 3. The standard InChI is InChI=1S/C11H18F3N3O2/c1-8(9(18)17-5-3-2-4-6-17)16-10(19)15-7-11(12,13)14/h8H,2-7H2,1H3,(H2,15,16,19). The number of hydrogen-bond acceptors (Lipinski definition) is 2. The van der Waals surface area contributed by atoms with Gasteiger partial charge in [-0.25, -0.2) is 4.79 Å². The van der Waals surface area contributed by atoms with Crippen molar-refractivity contribution in [2.24, 2.45) is 0 Å². The molecule has 1 aliphatic rings. The van der Waals surface area contributed by atoms with E-state index < -0.39 is 24.8 Å². The van der Waals surface area contributed by atoms with E-state index in [1.807, 2.05) is 0 Å². The van der Waals surface area contributed by atoms with E-state index in [1.54, 1.807) is 10.2 Å². The lowest BCUT2D eigenvalue weighted by Crippen LogP contribution is -2.51. The number of halogens is 3. The highest BCUT2D eigenvalue weighted by Gasteiger charge is 2.29. The Labute approximate surface area is 109 Å². The molecule has 0 aliphatic carbocycles. The smallest absolute Gasteiger partial charge is 0.341 e. The molecule has 0 bridgehead atoms. The van der Waals surface area contributed by atoms with Crippen molar-refractivity contribution in [3.05, 3.63) is 0 Å². The van der Waals surface area contributed by atoms with Crippen LogP contribution >= 0.6 is 0 Å². The minimum absolute atomic E-state index is 0.262. The molecule has 5 nitrogen and oxygen atoms in total. The summed E-state index contributed by atoms with van der Waals surface area (Å²) in [4.78, 5) is 24.7. The fraction of sp³-hybridized carbons (Fsp3) is 0.818. The van der Waals surface area contributed by atoms with Gasteiger partial charge in [0.2, 0.25) is 5.91 Å². The maximum absolute atomic E-state index is 11.9. The molecule has 1 atom stereocenters. The molecular formula is C11H18F3N3O2. The van der Waals surface area contributed by atoms with Crippen LogP contribution in [0, 0.1) is 0 Å². The minimum atomic E-state index is -4.46. The van der Waals surface area contributed by atoms with Crippen molar-refractivity contribution >= 4 is 11.9 Å². The number of carbonyl (C=O) groups is 2. The third-order valence-electron chi connectivity index (χ3n) is 2.84. The zero-order valence-corrected chi connectivity index (χ0v) is 10.7. The molecule has 19 heavy (non-hydrogen) atoms. The molecule has 8 heteroatoms. The van der Waals surface area contributed by atoms with Crippen LogP contribution < -0.4 is 10.6 Å². The Morgan fingerprint density at radius 2 is 1.79 bits per heavy atom. The van der Waals surface area contributed by atoms with E-state index in [2.05, 4.69) is 5.32 Å². The number of piperidine rings is 1. The van der Waals surface area contributed by atoms with Crippen molar-refractivity contribution < 1.29 is 22.8 Å². The number of nitrogens with zero attached hydrogens (tertiary/aromatic N) is 1. The molecule has 2 N–H and O–H groups in total. The predicted octanol–water partition coefficient (Wildman–Crippen LogP) is 1.25. The summed E-state index contributed by atoms with van der Waals surface area (Å²) in [6, 6.07) is -1.82. The monoisotopic (exact) mass is 281 g/mol. The van der Waals surface area contributed by atoms with Gasteiger partial charge in [-0.3, -0.25) is 4.79 Å². The Morgan fingerprint density at radius 3 is 2.32 bits per heavy atom. The van der Waals surface area contributed by atoms with Gasteiger partial charge in [-0.15, -0.1) is 0 Å². The second kappa shape index (κ2) is 6.63. The average molecular weight is 281 g/mol. The van der Waals surface area contributed by atoms with E-state index in [9.17, 15) is 22.8 Å². The minimum Gasteiger partial charge on any atom is -0.341 e. The fourth-order valence-corrected chi connectivity index (χ4v) is 1.88. The summed E-state index contributed by atoms with van der Waals surface area (Å²) >= 11 is 0. The van der Waals surface area contributed by atoms with Crippen LogP contribution in [-0.2, 0) is 4.79 Å². The Hall–Kier alpha value is -1.47. The Kier molecular flexibility index (Phi) is 5.44. The Balaban J connectivity index is 2.34. The summed E-state index contributed by atoms with van der Waals surface area (Å²) in [6.07, 6.45) is -1.56. The third-order valence-corrected chi connectivity index (χ3v) is 2.84. The average Bonchev–Trinajstić information content (AvgIpc) is 2.35. The maximum atomic E-state index is 11.9. The first-order chi connectivity index (χ1) is 8.79. The first kappa shape index (κ1) is 15.6. The van der Waals surface area contributed by atoms with Crippen molar-refractivity contribution in [3.8, 4) is 0 Å². The van der Waals surface area contributed by atoms with Gasteiger partial charge < -0.3 is 15.5 Å². The predicted molar refractivity (Wildman–Crippen MR) is 62.5 cm³/mol. The van der Waals surface area contributed by atoms with Gasteiger partial charge in [0, 0.05) is 13.1 Å². The van der Waals surface area contributed by atoms with Crippen molar-refractivity contribution in [1.82, 2.24) is 15.5 Å². The van der Waals surface area contributed by atoms with Gasteiger partial charge in [0.25, 0.3) is 0 Å². The molecule has 0 aromatic carbocycles.